The summed E-state index contributed by atoms with van der Waals surface area (Å²) in [5, 5.41) is 12.1. The molecule has 0 saturated heterocycles. The van der Waals surface area contributed by atoms with Crippen LogP contribution in [0, 0.1) is 25.2 Å². The first-order chi connectivity index (χ1) is 12.1. The van der Waals surface area contributed by atoms with Crippen LogP contribution in [-0.2, 0) is 11.3 Å². The van der Waals surface area contributed by atoms with Gasteiger partial charge in [-0.25, -0.2) is 0 Å². The maximum Gasteiger partial charge on any atom is 0.262 e. The molecule has 1 N–H and O–H groups in total. The van der Waals surface area contributed by atoms with Crippen LogP contribution in [-0.4, -0.2) is 10.5 Å². The molecule has 2 aromatic rings. The number of nitrogens with zero attached hydrogens (tertiary/aromatic N) is 2. The highest BCUT2D eigenvalue weighted by atomic mass is 16.3. The predicted molar refractivity (Wildman–Crippen MR) is 95.6 cm³/mol. The first-order valence-electron chi connectivity index (χ1n) is 8.71. The molecule has 0 aliphatic heterocycles. The third kappa shape index (κ3) is 3.69. The Balaban J connectivity index is 1.78. The molecule has 0 aromatic carbocycles. The minimum atomic E-state index is -0.385. The van der Waals surface area contributed by atoms with E-state index in [0.717, 1.165) is 11.3 Å². The molecule has 5 nitrogen and oxygen atoms in total. The Labute approximate surface area is 147 Å². The number of nitriles is 1. The van der Waals surface area contributed by atoms with Crippen molar-refractivity contribution in [3.05, 3.63) is 52.7 Å². The average molecular weight is 337 g/mol. The summed E-state index contributed by atoms with van der Waals surface area (Å²) in [4.78, 5) is 12.3. The predicted octanol–water partition coefficient (Wildman–Crippen LogP) is 4.04. The standard InChI is InChI=1S/C20H23N3O2/c1-14-10-16(15(2)23(14)18-6-3-4-7-18)11-17(12-21)20(24)22-13-19-8-5-9-25-19/h5,8-11,18H,3-4,6-7,13H2,1-2H3,(H,22,24)/b17-11+. The van der Waals surface area contributed by atoms with Crippen molar-refractivity contribution in [1.82, 2.24) is 9.88 Å². The van der Waals surface area contributed by atoms with Gasteiger partial charge in [-0.2, -0.15) is 5.26 Å². The molecule has 0 atom stereocenters. The molecule has 1 aliphatic rings. The maximum absolute atomic E-state index is 12.3. The van der Waals surface area contributed by atoms with Crippen LogP contribution in [0.3, 0.4) is 0 Å². The van der Waals surface area contributed by atoms with E-state index in [9.17, 15) is 10.1 Å². The smallest absolute Gasteiger partial charge is 0.262 e. The van der Waals surface area contributed by atoms with E-state index in [0.29, 0.717) is 11.8 Å². The topological polar surface area (TPSA) is 71.0 Å². The average Bonchev–Trinajstić information content (AvgIpc) is 3.33. The van der Waals surface area contributed by atoms with E-state index in [4.69, 9.17) is 4.42 Å². The molecule has 0 bridgehead atoms. The first kappa shape index (κ1) is 17.1. The van der Waals surface area contributed by atoms with Gasteiger partial charge in [0.05, 0.1) is 12.8 Å². The van der Waals surface area contributed by atoms with Gasteiger partial charge < -0.3 is 14.3 Å². The number of rotatable bonds is 5. The van der Waals surface area contributed by atoms with Gasteiger partial charge in [0.15, 0.2) is 0 Å². The van der Waals surface area contributed by atoms with E-state index in [1.54, 1.807) is 24.5 Å². The van der Waals surface area contributed by atoms with Crippen LogP contribution in [0.2, 0.25) is 0 Å². The van der Waals surface area contributed by atoms with Crippen molar-refractivity contribution in [3.8, 4) is 6.07 Å². The fraction of sp³-hybridized carbons (Fsp3) is 0.400. The summed E-state index contributed by atoms with van der Waals surface area (Å²) >= 11 is 0. The number of furan rings is 1. The second kappa shape index (κ2) is 7.43. The number of aromatic nitrogens is 1. The van der Waals surface area contributed by atoms with Crippen molar-refractivity contribution in [1.29, 1.82) is 5.26 Å². The van der Waals surface area contributed by atoms with Crippen LogP contribution >= 0.6 is 0 Å². The quantitative estimate of drug-likeness (QED) is 0.661. The lowest BCUT2D eigenvalue weighted by molar-refractivity contribution is -0.117. The number of carbonyl (C=O) groups excluding carboxylic acids is 1. The monoisotopic (exact) mass is 337 g/mol. The molecule has 1 aliphatic carbocycles. The highest BCUT2D eigenvalue weighted by Crippen LogP contribution is 2.33. The highest BCUT2D eigenvalue weighted by Gasteiger charge is 2.21. The summed E-state index contributed by atoms with van der Waals surface area (Å²) in [6, 6.07) is 8.16. The summed E-state index contributed by atoms with van der Waals surface area (Å²) in [6.07, 6.45) is 8.19. The molecule has 0 radical (unpaired) electrons. The van der Waals surface area contributed by atoms with Crippen molar-refractivity contribution in [2.45, 2.75) is 52.1 Å². The van der Waals surface area contributed by atoms with Gasteiger partial charge in [-0.15, -0.1) is 0 Å². The largest absolute Gasteiger partial charge is 0.467 e. The van der Waals surface area contributed by atoms with Crippen molar-refractivity contribution < 1.29 is 9.21 Å². The van der Waals surface area contributed by atoms with Crippen molar-refractivity contribution in [3.63, 3.8) is 0 Å². The zero-order valence-corrected chi connectivity index (χ0v) is 14.7. The minimum absolute atomic E-state index is 0.109. The van der Waals surface area contributed by atoms with Gasteiger partial charge in [0.1, 0.15) is 17.4 Å². The highest BCUT2D eigenvalue weighted by molar-refractivity contribution is 6.01. The number of amides is 1. The van der Waals surface area contributed by atoms with Gasteiger partial charge in [0.25, 0.3) is 5.91 Å². The number of hydrogen-bond acceptors (Lipinski definition) is 3. The summed E-state index contributed by atoms with van der Waals surface area (Å²) in [6.45, 7) is 4.42. The SMILES string of the molecule is Cc1cc(/C=C(\C#N)C(=O)NCc2ccco2)c(C)n1C1CCCC1. The number of nitrogens with one attached hydrogen (secondary N) is 1. The second-order valence-electron chi connectivity index (χ2n) is 6.57. The molecule has 25 heavy (non-hydrogen) atoms. The summed E-state index contributed by atoms with van der Waals surface area (Å²) in [5.74, 6) is 0.273. The zero-order valence-electron chi connectivity index (χ0n) is 14.7. The van der Waals surface area contributed by atoms with Crippen LogP contribution in [0.1, 0.15) is 54.4 Å². The second-order valence-corrected chi connectivity index (χ2v) is 6.57. The Kier molecular flexibility index (Phi) is 5.08. The van der Waals surface area contributed by atoms with Gasteiger partial charge in [0.2, 0.25) is 0 Å². The van der Waals surface area contributed by atoms with Gasteiger partial charge >= 0.3 is 0 Å². The lowest BCUT2D eigenvalue weighted by Crippen LogP contribution is -2.23. The third-order valence-corrected chi connectivity index (χ3v) is 4.88. The van der Waals surface area contributed by atoms with E-state index < -0.39 is 0 Å². The van der Waals surface area contributed by atoms with Crippen LogP contribution in [0.5, 0.6) is 0 Å². The van der Waals surface area contributed by atoms with Crippen LogP contribution in [0.15, 0.2) is 34.5 Å². The van der Waals surface area contributed by atoms with Crippen molar-refractivity contribution in [2.75, 3.05) is 0 Å². The molecule has 2 aromatic heterocycles. The summed E-state index contributed by atoms with van der Waals surface area (Å²) in [5.41, 5.74) is 3.35. The van der Waals surface area contributed by atoms with E-state index in [-0.39, 0.29) is 18.0 Å². The minimum Gasteiger partial charge on any atom is -0.467 e. The molecule has 2 heterocycles. The lowest BCUT2D eigenvalue weighted by atomic mass is 10.1. The van der Waals surface area contributed by atoms with Gasteiger partial charge in [-0.1, -0.05) is 12.8 Å². The fourth-order valence-electron chi connectivity index (χ4n) is 3.65. The van der Waals surface area contributed by atoms with Crippen LogP contribution in [0.4, 0.5) is 0 Å². The Morgan fingerprint density at radius 1 is 1.44 bits per heavy atom. The Bertz CT molecular complexity index is 816. The maximum atomic E-state index is 12.3. The molecule has 5 heteroatoms. The Hall–Kier alpha value is -2.74. The molecule has 1 saturated carbocycles. The molecule has 0 spiro atoms. The first-order valence-corrected chi connectivity index (χ1v) is 8.71. The van der Waals surface area contributed by atoms with E-state index in [1.165, 1.54) is 31.4 Å². The van der Waals surface area contributed by atoms with Crippen molar-refractivity contribution >= 4 is 12.0 Å². The Morgan fingerprint density at radius 3 is 2.84 bits per heavy atom. The summed E-state index contributed by atoms with van der Waals surface area (Å²) in [7, 11) is 0. The fourth-order valence-corrected chi connectivity index (χ4v) is 3.65. The van der Waals surface area contributed by atoms with Crippen LogP contribution < -0.4 is 5.32 Å². The molecule has 0 unspecified atom stereocenters. The van der Waals surface area contributed by atoms with E-state index in [2.05, 4.69) is 29.8 Å². The number of hydrogen-bond donors (Lipinski definition) is 1. The lowest BCUT2D eigenvalue weighted by Gasteiger charge is -2.17. The summed E-state index contributed by atoms with van der Waals surface area (Å²) < 4.78 is 7.55. The molecule has 3 rings (SSSR count). The third-order valence-electron chi connectivity index (χ3n) is 4.88. The van der Waals surface area contributed by atoms with E-state index in [1.807, 2.05) is 6.07 Å². The van der Waals surface area contributed by atoms with Gasteiger partial charge in [-0.05, 0) is 56.5 Å². The Morgan fingerprint density at radius 2 is 2.20 bits per heavy atom. The molecule has 1 amide bonds. The van der Waals surface area contributed by atoms with Crippen molar-refractivity contribution in [2.24, 2.45) is 0 Å². The normalized spacial score (nSPS) is 15.3. The molecular weight excluding hydrogens is 314 g/mol. The van der Waals surface area contributed by atoms with Gasteiger partial charge in [0, 0.05) is 17.4 Å². The number of aryl methyl sites for hydroxylation is 1. The molecule has 130 valence electrons. The van der Waals surface area contributed by atoms with E-state index >= 15 is 0 Å². The van der Waals surface area contributed by atoms with Gasteiger partial charge in [-0.3, -0.25) is 4.79 Å². The molecular formula is C20H23N3O2. The zero-order chi connectivity index (χ0) is 17.8. The van der Waals surface area contributed by atoms with Crippen LogP contribution in [0.25, 0.3) is 6.08 Å². The number of carbonyl (C=O) groups is 1. The molecule has 1 fully saturated rings.